The summed E-state index contributed by atoms with van der Waals surface area (Å²) >= 11 is 0. The molecule has 2 aromatic heterocycles. The van der Waals surface area contributed by atoms with Crippen LogP contribution in [0.15, 0.2) is 58.2 Å². The smallest absolute Gasteiger partial charge is 0.417 e. The summed E-state index contributed by atoms with van der Waals surface area (Å²) in [6.07, 6.45) is -2.28. The highest BCUT2D eigenvalue weighted by Gasteiger charge is 2.30. The van der Waals surface area contributed by atoms with Gasteiger partial charge in [-0.1, -0.05) is 0 Å². The lowest BCUT2D eigenvalue weighted by molar-refractivity contribution is -0.137. The SMILES string of the molecule is COC(=O)c1ccc(COc2ccc(C=NNc3ccc(C(F)(F)F)cn3)cc2OC)o1. The quantitative estimate of drug-likeness (QED) is 0.307. The molecule has 0 radical (unpaired) electrons. The van der Waals surface area contributed by atoms with E-state index in [2.05, 4.69) is 20.2 Å². The van der Waals surface area contributed by atoms with Gasteiger partial charge in [-0.2, -0.15) is 18.3 Å². The molecule has 0 amide bonds. The summed E-state index contributed by atoms with van der Waals surface area (Å²) in [4.78, 5) is 15.1. The molecule has 0 saturated carbocycles. The summed E-state index contributed by atoms with van der Waals surface area (Å²) in [5, 5.41) is 3.96. The molecule has 1 N–H and O–H groups in total. The number of esters is 1. The Kier molecular flexibility index (Phi) is 6.98. The van der Waals surface area contributed by atoms with Gasteiger partial charge in [0, 0.05) is 6.20 Å². The third kappa shape index (κ3) is 5.78. The Balaban J connectivity index is 1.60. The molecular formula is C21H18F3N3O5. The van der Waals surface area contributed by atoms with E-state index in [0.717, 1.165) is 12.3 Å². The van der Waals surface area contributed by atoms with Gasteiger partial charge in [0.1, 0.15) is 18.2 Å². The largest absolute Gasteiger partial charge is 0.493 e. The fraction of sp³-hybridized carbons (Fsp3) is 0.190. The molecule has 0 aliphatic rings. The molecule has 11 heteroatoms. The van der Waals surface area contributed by atoms with Crippen LogP contribution in [0.4, 0.5) is 19.0 Å². The number of aromatic nitrogens is 1. The van der Waals surface area contributed by atoms with E-state index in [4.69, 9.17) is 13.9 Å². The second-order valence-corrected chi connectivity index (χ2v) is 6.26. The third-order valence-electron chi connectivity index (χ3n) is 4.09. The van der Waals surface area contributed by atoms with Gasteiger partial charge < -0.3 is 18.6 Å². The molecule has 0 bridgehead atoms. The van der Waals surface area contributed by atoms with E-state index in [1.54, 1.807) is 24.3 Å². The first-order valence-electron chi connectivity index (χ1n) is 9.10. The lowest BCUT2D eigenvalue weighted by Gasteiger charge is -2.10. The van der Waals surface area contributed by atoms with Crippen LogP contribution in [0.3, 0.4) is 0 Å². The van der Waals surface area contributed by atoms with Crippen molar-refractivity contribution < 1.29 is 36.6 Å². The summed E-state index contributed by atoms with van der Waals surface area (Å²) in [5.74, 6) is 0.911. The van der Waals surface area contributed by atoms with E-state index in [1.807, 2.05) is 0 Å². The first kappa shape index (κ1) is 22.7. The summed E-state index contributed by atoms with van der Waals surface area (Å²) < 4.78 is 58.6. The molecule has 168 valence electrons. The molecule has 3 rings (SSSR count). The standard InChI is InChI=1S/C21H18F3N3O5/c1-29-18-9-13(10-26-27-19-8-4-14(11-25-19)21(22,23)24)3-6-16(18)31-12-15-5-7-17(32-15)20(28)30-2/h3-11H,12H2,1-2H3,(H,25,27). The molecule has 0 spiro atoms. The van der Waals surface area contributed by atoms with Gasteiger partial charge in [0.15, 0.2) is 11.5 Å². The summed E-state index contributed by atoms with van der Waals surface area (Å²) in [6.45, 7) is 0.0575. The van der Waals surface area contributed by atoms with Crippen molar-refractivity contribution in [2.45, 2.75) is 12.8 Å². The minimum absolute atomic E-state index is 0.0575. The predicted molar refractivity (Wildman–Crippen MR) is 108 cm³/mol. The normalized spacial score (nSPS) is 11.4. The first-order valence-corrected chi connectivity index (χ1v) is 9.10. The number of furan rings is 1. The molecule has 3 aromatic rings. The van der Waals surface area contributed by atoms with Gasteiger partial charge in [0.2, 0.25) is 5.76 Å². The van der Waals surface area contributed by atoms with Crippen molar-refractivity contribution in [1.82, 2.24) is 4.98 Å². The number of ether oxygens (including phenoxy) is 3. The van der Waals surface area contributed by atoms with Crippen LogP contribution < -0.4 is 14.9 Å². The molecule has 0 aliphatic heterocycles. The van der Waals surface area contributed by atoms with E-state index >= 15 is 0 Å². The number of carbonyl (C=O) groups is 1. The first-order chi connectivity index (χ1) is 15.3. The minimum Gasteiger partial charge on any atom is -0.493 e. The van der Waals surface area contributed by atoms with Crippen LogP contribution in [0.25, 0.3) is 0 Å². The molecule has 0 fully saturated rings. The second kappa shape index (κ2) is 9.86. The Morgan fingerprint density at radius 2 is 1.97 bits per heavy atom. The van der Waals surface area contributed by atoms with Crippen LogP contribution in [0.2, 0.25) is 0 Å². The minimum atomic E-state index is -4.45. The number of nitrogens with one attached hydrogen (secondary N) is 1. The van der Waals surface area contributed by atoms with Crippen LogP contribution in [0.5, 0.6) is 11.5 Å². The number of nitrogens with zero attached hydrogens (tertiary/aromatic N) is 2. The molecular weight excluding hydrogens is 431 g/mol. The fourth-order valence-electron chi connectivity index (χ4n) is 2.50. The van der Waals surface area contributed by atoms with E-state index in [9.17, 15) is 18.0 Å². The molecule has 0 atom stereocenters. The van der Waals surface area contributed by atoms with E-state index < -0.39 is 17.7 Å². The summed E-state index contributed by atoms with van der Waals surface area (Å²) in [6, 6.07) is 10.2. The van der Waals surface area contributed by atoms with E-state index in [-0.39, 0.29) is 18.2 Å². The lowest BCUT2D eigenvalue weighted by atomic mass is 10.2. The third-order valence-corrected chi connectivity index (χ3v) is 4.09. The molecule has 0 saturated heterocycles. The zero-order chi connectivity index (χ0) is 23.1. The average Bonchev–Trinajstić information content (AvgIpc) is 3.26. The monoisotopic (exact) mass is 449 g/mol. The van der Waals surface area contributed by atoms with Crippen LogP contribution in [0.1, 0.15) is 27.4 Å². The van der Waals surface area contributed by atoms with Gasteiger partial charge in [0.25, 0.3) is 0 Å². The van der Waals surface area contributed by atoms with Gasteiger partial charge in [-0.15, -0.1) is 0 Å². The van der Waals surface area contributed by atoms with Crippen molar-refractivity contribution in [2.75, 3.05) is 19.6 Å². The maximum absolute atomic E-state index is 12.6. The summed E-state index contributed by atoms with van der Waals surface area (Å²) in [5.41, 5.74) is 2.35. The molecule has 32 heavy (non-hydrogen) atoms. The molecule has 0 aliphatic carbocycles. The number of benzene rings is 1. The highest BCUT2D eigenvalue weighted by atomic mass is 19.4. The van der Waals surface area contributed by atoms with Crippen LogP contribution in [-0.4, -0.2) is 31.4 Å². The maximum atomic E-state index is 12.6. The number of methoxy groups -OCH3 is 2. The number of hydrogen-bond donors (Lipinski definition) is 1. The van der Waals surface area contributed by atoms with E-state index in [1.165, 1.54) is 32.6 Å². The van der Waals surface area contributed by atoms with E-state index in [0.29, 0.717) is 22.8 Å². The number of halogens is 3. The number of carbonyl (C=O) groups excluding carboxylic acids is 1. The average molecular weight is 449 g/mol. The van der Waals surface area contributed by atoms with Crippen molar-refractivity contribution in [2.24, 2.45) is 5.10 Å². The van der Waals surface area contributed by atoms with Crippen molar-refractivity contribution in [3.05, 3.63) is 71.3 Å². The number of hydrogen-bond acceptors (Lipinski definition) is 8. The highest BCUT2D eigenvalue weighted by Crippen LogP contribution is 2.30. The van der Waals surface area contributed by atoms with Crippen LogP contribution >= 0.6 is 0 Å². The van der Waals surface area contributed by atoms with Crippen molar-refractivity contribution in [3.8, 4) is 11.5 Å². The Labute approximate surface area is 180 Å². The van der Waals surface area contributed by atoms with Gasteiger partial charge in [0.05, 0.1) is 26.0 Å². The van der Waals surface area contributed by atoms with Gasteiger partial charge in [-0.3, -0.25) is 5.43 Å². The van der Waals surface area contributed by atoms with Gasteiger partial charge in [-0.05, 0) is 48.0 Å². The van der Waals surface area contributed by atoms with Gasteiger partial charge in [-0.25, -0.2) is 9.78 Å². The van der Waals surface area contributed by atoms with Crippen molar-refractivity contribution in [1.29, 1.82) is 0 Å². The number of pyridine rings is 1. The number of anilines is 1. The zero-order valence-corrected chi connectivity index (χ0v) is 17.0. The van der Waals surface area contributed by atoms with Crippen LogP contribution in [0, 0.1) is 0 Å². The second-order valence-electron chi connectivity index (χ2n) is 6.26. The van der Waals surface area contributed by atoms with Crippen molar-refractivity contribution in [3.63, 3.8) is 0 Å². The lowest BCUT2D eigenvalue weighted by Crippen LogP contribution is -2.05. The predicted octanol–water partition coefficient (Wildman–Crippen LogP) is 4.51. The maximum Gasteiger partial charge on any atom is 0.417 e. The molecule has 0 unspecified atom stereocenters. The van der Waals surface area contributed by atoms with Gasteiger partial charge >= 0.3 is 12.1 Å². The summed E-state index contributed by atoms with van der Waals surface area (Å²) in [7, 11) is 2.72. The Hall–Kier alpha value is -4.02. The van der Waals surface area contributed by atoms with Crippen molar-refractivity contribution >= 4 is 18.0 Å². The van der Waals surface area contributed by atoms with Crippen LogP contribution in [-0.2, 0) is 17.5 Å². The number of alkyl halides is 3. The Bertz CT molecular complexity index is 1090. The molecule has 2 heterocycles. The fourth-order valence-corrected chi connectivity index (χ4v) is 2.50. The number of hydrazone groups is 1. The number of rotatable bonds is 8. The highest BCUT2D eigenvalue weighted by molar-refractivity contribution is 5.86. The molecule has 1 aromatic carbocycles. The zero-order valence-electron chi connectivity index (χ0n) is 17.0. The Morgan fingerprint density at radius 1 is 1.16 bits per heavy atom. The molecule has 8 nitrogen and oxygen atoms in total. The Morgan fingerprint density at radius 3 is 2.62 bits per heavy atom. The topological polar surface area (TPSA) is 95.2 Å².